The maximum Gasteiger partial charge on any atom is 0.242 e. The average molecular weight is 313 g/mol. The average Bonchev–Trinajstić information content (AvgIpc) is 2.84. The van der Waals surface area contributed by atoms with Crippen molar-refractivity contribution in [1.82, 2.24) is 4.31 Å². The highest BCUT2D eigenvalue weighted by Gasteiger charge is 2.29. The predicted molar refractivity (Wildman–Crippen MR) is 83.9 cm³/mol. The van der Waals surface area contributed by atoms with Crippen LogP contribution < -0.4 is 10.6 Å². The van der Waals surface area contributed by atoms with Gasteiger partial charge >= 0.3 is 0 Å². The Bertz CT molecular complexity index is 616. The first kappa shape index (κ1) is 16.1. The van der Waals surface area contributed by atoms with Crippen molar-refractivity contribution >= 4 is 21.4 Å². The molecule has 2 rings (SSSR count). The van der Waals surface area contributed by atoms with Crippen LogP contribution in [0.4, 0.5) is 11.4 Å². The fraction of sp³-hybridized carbons (Fsp3) is 0.571. The fourth-order valence-corrected chi connectivity index (χ4v) is 3.53. The molecule has 1 aliphatic heterocycles. The van der Waals surface area contributed by atoms with Gasteiger partial charge in [0.15, 0.2) is 0 Å². The van der Waals surface area contributed by atoms with Crippen LogP contribution in [0.5, 0.6) is 0 Å². The van der Waals surface area contributed by atoms with Crippen molar-refractivity contribution in [1.29, 1.82) is 0 Å². The zero-order chi connectivity index (χ0) is 15.8. The molecule has 1 heterocycles. The lowest BCUT2D eigenvalue weighted by Crippen LogP contribution is -2.37. The van der Waals surface area contributed by atoms with Gasteiger partial charge in [-0.3, -0.25) is 0 Å². The monoisotopic (exact) mass is 313 g/mol. The van der Waals surface area contributed by atoms with Gasteiger partial charge in [-0.15, -0.1) is 0 Å². The Morgan fingerprint density at radius 1 is 1.29 bits per heavy atom. The smallest absolute Gasteiger partial charge is 0.242 e. The number of ether oxygens (including phenoxy) is 1. The highest BCUT2D eigenvalue weighted by atomic mass is 32.2. The highest BCUT2D eigenvalue weighted by molar-refractivity contribution is 7.89. The normalized spacial score (nSPS) is 22.7. The van der Waals surface area contributed by atoms with Crippen molar-refractivity contribution in [3.63, 3.8) is 0 Å². The van der Waals surface area contributed by atoms with E-state index in [0.717, 1.165) is 12.1 Å². The van der Waals surface area contributed by atoms with Gasteiger partial charge in [-0.1, -0.05) is 0 Å². The summed E-state index contributed by atoms with van der Waals surface area (Å²) >= 11 is 0. The number of nitrogen functional groups attached to an aromatic ring is 1. The van der Waals surface area contributed by atoms with Crippen molar-refractivity contribution < 1.29 is 13.2 Å². The van der Waals surface area contributed by atoms with Crippen LogP contribution in [-0.2, 0) is 14.8 Å². The number of anilines is 2. The van der Waals surface area contributed by atoms with Crippen molar-refractivity contribution in [3.05, 3.63) is 18.2 Å². The molecular formula is C14H23N3O3S. The first-order valence-electron chi connectivity index (χ1n) is 6.91. The number of benzene rings is 1. The minimum absolute atomic E-state index is 0.100. The van der Waals surface area contributed by atoms with Crippen LogP contribution in [0, 0.1) is 0 Å². The van der Waals surface area contributed by atoms with E-state index in [4.69, 9.17) is 10.5 Å². The van der Waals surface area contributed by atoms with E-state index in [-0.39, 0.29) is 17.0 Å². The summed E-state index contributed by atoms with van der Waals surface area (Å²) in [5, 5.41) is 0. The summed E-state index contributed by atoms with van der Waals surface area (Å²) in [6.07, 6.45) is 1.01. The maximum absolute atomic E-state index is 12.2. The van der Waals surface area contributed by atoms with Gasteiger partial charge in [-0.25, -0.2) is 12.7 Å². The minimum Gasteiger partial charge on any atom is -0.397 e. The summed E-state index contributed by atoms with van der Waals surface area (Å²) in [6, 6.07) is 5.01. The highest BCUT2D eigenvalue weighted by Crippen LogP contribution is 2.31. The molecule has 1 aliphatic rings. The SMILES string of the molecule is CC1OCCC1N(C)c1cc(S(=O)(=O)N(C)C)ccc1N. The summed E-state index contributed by atoms with van der Waals surface area (Å²) < 4.78 is 31.3. The third-order valence-corrected chi connectivity index (χ3v) is 5.81. The second-order valence-electron chi connectivity index (χ2n) is 5.55. The Morgan fingerprint density at radius 3 is 2.48 bits per heavy atom. The molecule has 118 valence electrons. The van der Waals surface area contributed by atoms with Crippen molar-refractivity contribution in [2.24, 2.45) is 0 Å². The molecule has 0 amide bonds. The zero-order valence-electron chi connectivity index (χ0n) is 12.9. The number of likely N-dealkylation sites (N-methyl/N-ethyl adjacent to an activating group) is 1. The van der Waals surface area contributed by atoms with E-state index >= 15 is 0 Å². The Labute approximate surface area is 126 Å². The Balaban J connectivity index is 2.40. The molecule has 0 saturated carbocycles. The predicted octanol–water partition coefficient (Wildman–Crippen LogP) is 1.13. The summed E-state index contributed by atoms with van der Waals surface area (Å²) in [5.74, 6) is 0. The first-order valence-corrected chi connectivity index (χ1v) is 8.35. The van der Waals surface area contributed by atoms with Crippen molar-refractivity contribution in [2.75, 3.05) is 38.4 Å². The van der Waals surface area contributed by atoms with Gasteiger partial charge in [0.25, 0.3) is 0 Å². The van der Waals surface area contributed by atoms with Crippen LogP contribution in [0.25, 0.3) is 0 Å². The molecule has 2 atom stereocenters. The molecule has 1 aromatic rings. The summed E-state index contributed by atoms with van der Waals surface area (Å²) in [6.45, 7) is 2.73. The van der Waals surface area contributed by atoms with Gasteiger partial charge in [0.05, 0.1) is 28.4 Å². The number of nitrogens with zero attached hydrogens (tertiary/aromatic N) is 2. The number of hydrogen-bond donors (Lipinski definition) is 1. The van der Waals surface area contributed by atoms with Crippen LogP contribution in [0.1, 0.15) is 13.3 Å². The van der Waals surface area contributed by atoms with Crippen LogP contribution in [-0.4, -0.2) is 52.6 Å². The first-order chi connectivity index (χ1) is 9.75. The quantitative estimate of drug-likeness (QED) is 0.843. The van der Waals surface area contributed by atoms with Gasteiger partial charge in [0.2, 0.25) is 10.0 Å². The molecule has 1 aromatic carbocycles. The summed E-state index contributed by atoms with van der Waals surface area (Å²) in [4.78, 5) is 2.26. The molecule has 0 spiro atoms. The number of hydrogen-bond acceptors (Lipinski definition) is 5. The molecule has 1 saturated heterocycles. The van der Waals surface area contributed by atoms with E-state index in [2.05, 4.69) is 0 Å². The Hall–Kier alpha value is -1.31. The van der Waals surface area contributed by atoms with E-state index in [1.165, 1.54) is 24.5 Å². The van der Waals surface area contributed by atoms with E-state index < -0.39 is 10.0 Å². The molecule has 0 aromatic heterocycles. The lowest BCUT2D eigenvalue weighted by molar-refractivity contribution is 0.118. The van der Waals surface area contributed by atoms with Gasteiger partial charge in [-0.2, -0.15) is 0 Å². The standard InChI is InChI=1S/C14H23N3O3S/c1-10-13(7-8-20-10)17(4)14-9-11(5-6-12(14)15)21(18,19)16(2)3/h5-6,9-10,13H,7-8,15H2,1-4H3. The summed E-state index contributed by atoms with van der Waals surface area (Å²) in [5.41, 5.74) is 7.32. The third-order valence-electron chi connectivity index (χ3n) is 3.99. The zero-order valence-corrected chi connectivity index (χ0v) is 13.7. The maximum atomic E-state index is 12.2. The van der Waals surface area contributed by atoms with E-state index in [1.54, 1.807) is 12.1 Å². The molecule has 0 aliphatic carbocycles. The van der Waals surface area contributed by atoms with Crippen LogP contribution in [0.3, 0.4) is 0 Å². The Morgan fingerprint density at radius 2 is 1.95 bits per heavy atom. The molecular weight excluding hydrogens is 290 g/mol. The van der Waals surface area contributed by atoms with Gasteiger partial charge in [-0.05, 0) is 31.5 Å². The van der Waals surface area contributed by atoms with Gasteiger partial charge in [0.1, 0.15) is 0 Å². The van der Waals surface area contributed by atoms with E-state index in [0.29, 0.717) is 12.3 Å². The van der Waals surface area contributed by atoms with Crippen molar-refractivity contribution in [2.45, 2.75) is 30.4 Å². The Kier molecular flexibility index (Phi) is 4.46. The molecule has 2 unspecified atom stereocenters. The number of nitrogens with two attached hydrogens (primary N) is 1. The van der Waals surface area contributed by atoms with Crippen LogP contribution in [0.2, 0.25) is 0 Å². The lowest BCUT2D eigenvalue weighted by atomic mass is 10.1. The van der Waals surface area contributed by atoms with Gasteiger partial charge in [0, 0.05) is 27.7 Å². The van der Waals surface area contributed by atoms with E-state index in [9.17, 15) is 8.42 Å². The largest absolute Gasteiger partial charge is 0.397 e. The number of sulfonamides is 1. The molecule has 1 fully saturated rings. The second-order valence-corrected chi connectivity index (χ2v) is 7.70. The molecule has 0 bridgehead atoms. The van der Waals surface area contributed by atoms with E-state index in [1.807, 2.05) is 18.9 Å². The minimum atomic E-state index is -3.47. The fourth-order valence-electron chi connectivity index (χ4n) is 2.61. The molecule has 6 nitrogen and oxygen atoms in total. The number of rotatable bonds is 4. The van der Waals surface area contributed by atoms with Crippen LogP contribution in [0.15, 0.2) is 23.1 Å². The molecule has 21 heavy (non-hydrogen) atoms. The molecule has 0 radical (unpaired) electrons. The third kappa shape index (κ3) is 3.00. The molecule has 2 N–H and O–H groups in total. The lowest BCUT2D eigenvalue weighted by Gasteiger charge is -2.30. The second kappa shape index (κ2) is 5.82. The molecule has 7 heteroatoms. The van der Waals surface area contributed by atoms with Crippen molar-refractivity contribution in [3.8, 4) is 0 Å². The summed E-state index contributed by atoms with van der Waals surface area (Å²) in [7, 11) is 1.49. The van der Waals surface area contributed by atoms with Gasteiger partial charge < -0.3 is 15.4 Å². The topological polar surface area (TPSA) is 75.9 Å². The van der Waals surface area contributed by atoms with Crippen LogP contribution >= 0.6 is 0 Å².